The predicted molar refractivity (Wildman–Crippen MR) is 72.5 cm³/mol. The second kappa shape index (κ2) is 5.01. The number of nitrogen functional groups attached to an aromatic ring is 1. The third-order valence-electron chi connectivity index (χ3n) is 2.82. The van der Waals surface area contributed by atoms with Crippen molar-refractivity contribution in [3.63, 3.8) is 0 Å². The molecule has 6 heteroatoms. The van der Waals surface area contributed by atoms with Gasteiger partial charge in [0.05, 0.1) is 14.2 Å². The number of nitrogens with zero attached hydrogens (tertiary/aromatic N) is 1. The first-order valence-electron chi connectivity index (χ1n) is 5.65. The number of hydrogen-bond acceptors (Lipinski definition) is 5. The summed E-state index contributed by atoms with van der Waals surface area (Å²) in [6, 6.07) is 5.40. The normalized spacial score (nSPS) is 10.3. The number of rotatable bonds is 3. The van der Waals surface area contributed by atoms with Crippen molar-refractivity contribution in [2.75, 3.05) is 20.0 Å². The number of aryl methyl sites for hydroxylation is 1. The van der Waals surface area contributed by atoms with Crippen molar-refractivity contribution in [1.29, 1.82) is 0 Å². The molecule has 0 aliphatic carbocycles. The van der Waals surface area contributed by atoms with Crippen LogP contribution in [0.3, 0.4) is 0 Å². The fraction of sp³-hybridized carbons (Fsp3) is 0.231. The lowest BCUT2D eigenvalue weighted by Crippen LogP contribution is -2.15. The number of H-pyrrole nitrogens is 1. The van der Waals surface area contributed by atoms with E-state index in [9.17, 15) is 4.79 Å². The quantitative estimate of drug-likeness (QED) is 0.870. The molecular formula is C13H15N3O3. The van der Waals surface area contributed by atoms with Gasteiger partial charge in [-0.2, -0.15) is 4.98 Å². The molecule has 0 radical (unpaired) electrons. The van der Waals surface area contributed by atoms with Crippen LogP contribution in [0.2, 0.25) is 0 Å². The molecular weight excluding hydrogens is 246 g/mol. The zero-order valence-electron chi connectivity index (χ0n) is 11.0. The van der Waals surface area contributed by atoms with E-state index in [1.165, 1.54) is 0 Å². The lowest BCUT2D eigenvalue weighted by atomic mass is 10.0. The molecule has 19 heavy (non-hydrogen) atoms. The molecule has 2 aromatic rings. The van der Waals surface area contributed by atoms with E-state index in [1.807, 2.05) is 6.07 Å². The number of aromatic amines is 1. The summed E-state index contributed by atoms with van der Waals surface area (Å²) in [6.45, 7) is 1.77. The van der Waals surface area contributed by atoms with Gasteiger partial charge in [0.1, 0.15) is 5.82 Å². The van der Waals surface area contributed by atoms with E-state index in [0.29, 0.717) is 22.8 Å². The van der Waals surface area contributed by atoms with Crippen molar-refractivity contribution in [3.05, 3.63) is 34.4 Å². The third kappa shape index (κ3) is 2.37. The molecule has 2 rings (SSSR count). The van der Waals surface area contributed by atoms with Crippen LogP contribution in [-0.2, 0) is 0 Å². The molecule has 0 fully saturated rings. The molecule has 0 unspecified atom stereocenters. The number of aromatic nitrogens is 2. The van der Waals surface area contributed by atoms with Crippen LogP contribution in [-0.4, -0.2) is 24.2 Å². The lowest BCUT2D eigenvalue weighted by molar-refractivity contribution is 0.355. The van der Waals surface area contributed by atoms with Gasteiger partial charge in [-0.25, -0.2) is 4.79 Å². The molecule has 0 saturated carbocycles. The summed E-state index contributed by atoms with van der Waals surface area (Å²) in [5.74, 6) is 1.40. The number of nitrogens with one attached hydrogen (secondary N) is 1. The Morgan fingerprint density at radius 1 is 1.21 bits per heavy atom. The van der Waals surface area contributed by atoms with Gasteiger partial charge in [0.2, 0.25) is 0 Å². The van der Waals surface area contributed by atoms with Crippen molar-refractivity contribution in [1.82, 2.24) is 9.97 Å². The average molecular weight is 261 g/mol. The fourth-order valence-corrected chi connectivity index (χ4v) is 1.96. The molecule has 1 aromatic carbocycles. The van der Waals surface area contributed by atoms with Gasteiger partial charge in [-0.15, -0.1) is 0 Å². The molecule has 0 spiro atoms. The Morgan fingerprint density at radius 2 is 1.89 bits per heavy atom. The molecule has 0 bridgehead atoms. The van der Waals surface area contributed by atoms with Gasteiger partial charge in [0.25, 0.3) is 0 Å². The Labute approximate surface area is 110 Å². The van der Waals surface area contributed by atoms with E-state index >= 15 is 0 Å². The van der Waals surface area contributed by atoms with Crippen LogP contribution < -0.4 is 20.9 Å². The summed E-state index contributed by atoms with van der Waals surface area (Å²) >= 11 is 0. The van der Waals surface area contributed by atoms with E-state index in [4.69, 9.17) is 15.2 Å². The zero-order valence-corrected chi connectivity index (χ0v) is 11.0. The smallest absolute Gasteiger partial charge is 0.347 e. The fourth-order valence-electron chi connectivity index (χ4n) is 1.96. The van der Waals surface area contributed by atoms with Gasteiger partial charge < -0.3 is 20.2 Å². The lowest BCUT2D eigenvalue weighted by Gasteiger charge is -2.12. The summed E-state index contributed by atoms with van der Waals surface area (Å²) in [5, 5.41) is 0. The van der Waals surface area contributed by atoms with Crippen LogP contribution in [0, 0.1) is 6.92 Å². The topological polar surface area (TPSA) is 90.2 Å². The Hall–Kier alpha value is -2.50. The van der Waals surface area contributed by atoms with E-state index in [-0.39, 0.29) is 5.82 Å². The Balaban J connectivity index is 2.63. The van der Waals surface area contributed by atoms with Gasteiger partial charge in [-0.1, -0.05) is 6.07 Å². The minimum atomic E-state index is -0.459. The first-order valence-corrected chi connectivity index (χ1v) is 5.65. The van der Waals surface area contributed by atoms with Gasteiger partial charge in [-0.3, -0.25) is 0 Å². The summed E-state index contributed by atoms with van der Waals surface area (Å²) in [7, 11) is 3.13. The number of benzene rings is 1. The molecule has 6 nitrogen and oxygen atoms in total. The molecule has 0 aliphatic rings. The average Bonchev–Trinajstić information content (AvgIpc) is 2.37. The maximum atomic E-state index is 11.2. The van der Waals surface area contributed by atoms with E-state index in [0.717, 1.165) is 5.56 Å². The number of anilines is 1. The van der Waals surface area contributed by atoms with E-state index in [2.05, 4.69) is 9.97 Å². The van der Waals surface area contributed by atoms with Crippen LogP contribution in [0.5, 0.6) is 11.5 Å². The van der Waals surface area contributed by atoms with Gasteiger partial charge >= 0.3 is 5.69 Å². The largest absolute Gasteiger partial charge is 0.493 e. The summed E-state index contributed by atoms with van der Waals surface area (Å²) < 4.78 is 10.4. The molecule has 0 atom stereocenters. The first-order chi connectivity index (χ1) is 9.06. The number of hydrogen-bond donors (Lipinski definition) is 2. The monoisotopic (exact) mass is 261 g/mol. The molecule has 1 heterocycles. The third-order valence-corrected chi connectivity index (χ3v) is 2.82. The zero-order chi connectivity index (χ0) is 14.0. The molecule has 0 amide bonds. The van der Waals surface area contributed by atoms with Crippen molar-refractivity contribution < 1.29 is 9.47 Å². The number of nitrogens with two attached hydrogens (primary N) is 1. The highest BCUT2D eigenvalue weighted by atomic mass is 16.5. The summed E-state index contributed by atoms with van der Waals surface area (Å²) in [5.41, 5.74) is 7.49. The highest BCUT2D eigenvalue weighted by Crippen LogP contribution is 2.34. The van der Waals surface area contributed by atoms with Crippen molar-refractivity contribution >= 4 is 5.82 Å². The van der Waals surface area contributed by atoms with E-state index < -0.39 is 5.69 Å². The maximum Gasteiger partial charge on any atom is 0.347 e. The number of ether oxygens (including phenoxy) is 2. The highest BCUT2D eigenvalue weighted by Gasteiger charge is 2.12. The van der Waals surface area contributed by atoms with Crippen LogP contribution in [0.15, 0.2) is 23.0 Å². The van der Waals surface area contributed by atoms with Crippen molar-refractivity contribution in [3.8, 4) is 22.6 Å². The highest BCUT2D eigenvalue weighted by molar-refractivity contribution is 5.77. The SMILES string of the molecule is COc1ccc(-c2c(N)nc(=O)[nH]c2C)cc1OC. The Kier molecular flexibility index (Phi) is 3.41. The van der Waals surface area contributed by atoms with Crippen LogP contribution in [0.4, 0.5) is 5.82 Å². The predicted octanol–water partition coefficient (Wildman–Crippen LogP) is 1.34. The first kappa shape index (κ1) is 12.9. The summed E-state index contributed by atoms with van der Waals surface area (Å²) in [6.07, 6.45) is 0. The second-order valence-corrected chi connectivity index (χ2v) is 4.00. The summed E-state index contributed by atoms with van der Waals surface area (Å²) in [4.78, 5) is 17.6. The van der Waals surface area contributed by atoms with Crippen LogP contribution >= 0.6 is 0 Å². The molecule has 1 aromatic heterocycles. The standard InChI is InChI=1S/C13H15N3O3/c1-7-11(12(14)16-13(17)15-7)8-4-5-9(18-2)10(6-8)19-3/h4-6H,1-3H3,(H3,14,15,16,17). The minimum Gasteiger partial charge on any atom is -0.493 e. The van der Waals surface area contributed by atoms with Gasteiger partial charge in [0, 0.05) is 11.3 Å². The molecule has 0 saturated heterocycles. The second-order valence-electron chi connectivity index (χ2n) is 4.00. The van der Waals surface area contributed by atoms with E-state index in [1.54, 1.807) is 33.3 Å². The number of methoxy groups -OCH3 is 2. The van der Waals surface area contributed by atoms with Gasteiger partial charge in [0.15, 0.2) is 11.5 Å². The molecule has 100 valence electrons. The molecule has 3 N–H and O–H groups in total. The maximum absolute atomic E-state index is 11.2. The van der Waals surface area contributed by atoms with Crippen LogP contribution in [0.1, 0.15) is 5.69 Å². The van der Waals surface area contributed by atoms with Crippen LogP contribution in [0.25, 0.3) is 11.1 Å². The van der Waals surface area contributed by atoms with Crippen molar-refractivity contribution in [2.45, 2.75) is 6.92 Å². The van der Waals surface area contributed by atoms with Crippen molar-refractivity contribution in [2.24, 2.45) is 0 Å². The Bertz CT molecular complexity index is 638. The minimum absolute atomic E-state index is 0.188. The van der Waals surface area contributed by atoms with Gasteiger partial charge in [-0.05, 0) is 24.6 Å². The molecule has 0 aliphatic heterocycles. The Morgan fingerprint density at radius 3 is 2.47 bits per heavy atom.